The van der Waals surface area contributed by atoms with Crippen LogP contribution in [-0.2, 0) is 4.79 Å². The van der Waals surface area contributed by atoms with E-state index in [1.54, 1.807) is 6.07 Å². The number of carbonyl (C=O) groups is 2. The summed E-state index contributed by atoms with van der Waals surface area (Å²) in [5.41, 5.74) is 2.00. The summed E-state index contributed by atoms with van der Waals surface area (Å²) in [5.74, 6) is -1.13. The minimum absolute atomic E-state index is 0.00324. The first-order valence-corrected chi connectivity index (χ1v) is 9.96. The average molecular weight is 417 g/mol. The van der Waals surface area contributed by atoms with Crippen molar-refractivity contribution in [3.05, 3.63) is 59.9 Å². The number of thioether (sulfide) groups is 1. The normalized spacial score (nSPS) is 10.4. The molecular formula is C18H16FN5O2S2. The number of aromatic nitrogens is 2. The van der Waals surface area contributed by atoms with Gasteiger partial charge >= 0.3 is 6.03 Å². The number of hydrogen-bond acceptors (Lipinski definition) is 7. The van der Waals surface area contributed by atoms with E-state index in [4.69, 9.17) is 0 Å². The lowest BCUT2D eigenvalue weighted by atomic mass is 10.2. The number of carbonyl (C=O) groups excluding carboxylic acids is 2. The molecule has 0 aliphatic carbocycles. The van der Waals surface area contributed by atoms with Gasteiger partial charge in [-0.15, -0.1) is 10.2 Å². The Morgan fingerprint density at radius 2 is 1.79 bits per heavy atom. The SMILES string of the molecule is Cc1ccccc1Nc1nnc(SCC(=O)NC(=O)Nc2ccccc2F)s1. The summed E-state index contributed by atoms with van der Waals surface area (Å²) in [6.07, 6.45) is 0. The standard InChI is InChI=1S/C18H16FN5O2S2/c1-11-6-2-4-8-13(11)21-17-23-24-18(28-17)27-10-15(25)22-16(26)20-14-9-5-3-7-12(14)19/h2-9H,10H2,1H3,(H,21,23)(H2,20,22,25,26). The van der Waals surface area contributed by atoms with Crippen molar-refractivity contribution in [2.45, 2.75) is 11.3 Å². The molecule has 1 aromatic heterocycles. The highest BCUT2D eigenvalue weighted by molar-refractivity contribution is 8.01. The van der Waals surface area contributed by atoms with Crippen LogP contribution in [0.1, 0.15) is 5.56 Å². The predicted molar refractivity (Wildman–Crippen MR) is 109 cm³/mol. The molecule has 3 amide bonds. The second-order valence-electron chi connectivity index (χ2n) is 5.58. The minimum atomic E-state index is -0.796. The van der Waals surface area contributed by atoms with Gasteiger partial charge in [-0.2, -0.15) is 0 Å². The van der Waals surface area contributed by atoms with Crippen molar-refractivity contribution in [1.82, 2.24) is 15.5 Å². The lowest BCUT2D eigenvalue weighted by Gasteiger charge is -2.06. The second kappa shape index (κ2) is 9.29. The fourth-order valence-electron chi connectivity index (χ4n) is 2.15. The first-order chi connectivity index (χ1) is 13.5. The van der Waals surface area contributed by atoms with Crippen molar-refractivity contribution in [2.24, 2.45) is 0 Å². The van der Waals surface area contributed by atoms with Crippen molar-refractivity contribution in [3.63, 3.8) is 0 Å². The van der Waals surface area contributed by atoms with E-state index in [0.717, 1.165) is 23.0 Å². The van der Waals surface area contributed by atoms with Crippen LogP contribution in [0.15, 0.2) is 52.9 Å². The summed E-state index contributed by atoms with van der Waals surface area (Å²) in [6.45, 7) is 1.98. The van der Waals surface area contributed by atoms with Gasteiger partial charge in [-0.25, -0.2) is 9.18 Å². The van der Waals surface area contributed by atoms with Gasteiger partial charge in [0.2, 0.25) is 11.0 Å². The Kier molecular flexibility index (Phi) is 6.56. The largest absolute Gasteiger partial charge is 0.330 e. The number of nitrogens with one attached hydrogen (secondary N) is 3. The van der Waals surface area contributed by atoms with Crippen molar-refractivity contribution in [2.75, 3.05) is 16.4 Å². The number of benzene rings is 2. The van der Waals surface area contributed by atoms with Crippen LogP contribution in [0.2, 0.25) is 0 Å². The summed E-state index contributed by atoms with van der Waals surface area (Å²) in [5, 5.41) is 16.3. The average Bonchev–Trinajstić information content (AvgIpc) is 3.11. The van der Waals surface area contributed by atoms with Crippen LogP contribution >= 0.6 is 23.1 Å². The van der Waals surface area contributed by atoms with Crippen molar-refractivity contribution >= 4 is 51.5 Å². The van der Waals surface area contributed by atoms with Gasteiger partial charge in [-0.1, -0.05) is 53.4 Å². The Morgan fingerprint density at radius 1 is 1.07 bits per heavy atom. The Morgan fingerprint density at radius 3 is 2.54 bits per heavy atom. The molecule has 1 heterocycles. The molecule has 0 bridgehead atoms. The number of rotatable bonds is 6. The highest BCUT2D eigenvalue weighted by atomic mass is 32.2. The van der Waals surface area contributed by atoms with Gasteiger partial charge in [0, 0.05) is 5.69 Å². The number of urea groups is 1. The molecule has 0 saturated heterocycles. The van der Waals surface area contributed by atoms with Crippen LogP contribution in [0.5, 0.6) is 0 Å². The maximum Gasteiger partial charge on any atom is 0.325 e. The maximum absolute atomic E-state index is 13.5. The third kappa shape index (κ3) is 5.51. The first kappa shape index (κ1) is 19.8. The topological polar surface area (TPSA) is 96.0 Å². The van der Waals surface area contributed by atoms with Gasteiger partial charge in [0.05, 0.1) is 11.4 Å². The molecule has 0 fully saturated rings. The molecule has 0 spiro atoms. The number of aryl methyl sites for hydroxylation is 1. The number of para-hydroxylation sites is 2. The number of anilines is 3. The molecule has 0 saturated carbocycles. The van der Waals surface area contributed by atoms with Gasteiger partial charge in [0.15, 0.2) is 4.34 Å². The van der Waals surface area contributed by atoms with E-state index in [2.05, 4.69) is 26.1 Å². The molecule has 0 aliphatic rings. The van der Waals surface area contributed by atoms with Gasteiger partial charge < -0.3 is 10.6 Å². The van der Waals surface area contributed by atoms with Crippen molar-refractivity contribution < 1.29 is 14.0 Å². The van der Waals surface area contributed by atoms with E-state index in [0.29, 0.717) is 9.47 Å². The fraction of sp³-hybridized carbons (Fsp3) is 0.111. The maximum atomic E-state index is 13.5. The first-order valence-electron chi connectivity index (χ1n) is 8.15. The molecule has 0 radical (unpaired) electrons. The molecule has 3 aromatic rings. The Balaban J connectivity index is 1.47. The highest BCUT2D eigenvalue weighted by Gasteiger charge is 2.12. The number of halogens is 1. The molecule has 144 valence electrons. The van der Waals surface area contributed by atoms with Crippen molar-refractivity contribution in [1.29, 1.82) is 0 Å². The summed E-state index contributed by atoms with van der Waals surface area (Å²) in [7, 11) is 0. The Bertz CT molecular complexity index is 995. The highest BCUT2D eigenvalue weighted by Crippen LogP contribution is 2.28. The molecule has 10 heteroatoms. The van der Waals surface area contributed by atoms with E-state index in [1.807, 2.05) is 31.2 Å². The summed E-state index contributed by atoms with van der Waals surface area (Å²) in [6, 6.07) is 12.7. The van der Waals surface area contributed by atoms with E-state index >= 15 is 0 Å². The minimum Gasteiger partial charge on any atom is -0.330 e. The van der Waals surface area contributed by atoms with Gasteiger partial charge in [-0.05, 0) is 30.7 Å². The summed E-state index contributed by atoms with van der Waals surface area (Å²) < 4.78 is 14.1. The van der Waals surface area contributed by atoms with E-state index in [1.165, 1.54) is 29.5 Å². The van der Waals surface area contributed by atoms with Gasteiger partial charge in [0.1, 0.15) is 5.82 Å². The molecule has 0 unspecified atom stereocenters. The van der Waals surface area contributed by atoms with E-state index in [9.17, 15) is 14.0 Å². The van der Waals surface area contributed by atoms with Crippen LogP contribution in [0.25, 0.3) is 0 Å². The van der Waals surface area contributed by atoms with Crippen LogP contribution in [0.4, 0.5) is 25.7 Å². The Labute approximate surface area is 168 Å². The number of amides is 3. The second-order valence-corrected chi connectivity index (χ2v) is 7.78. The molecule has 3 rings (SSSR count). The van der Waals surface area contributed by atoms with E-state index in [-0.39, 0.29) is 11.4 Å². The smallest absolute Gasteiger partial charge is 0.325 e. The lowest BCUT2D eigenvalue weighted by molar-refractivity contribution is -0.117. The number of hydrogen-bond donors (Lipinski definition) is 3. The number of imide groups is 1. The lowest BCUT2D eigenvalue weighted by Crippen LogP contribution is -2.35. The van der Waals surface area contributed by atoms with E-state index < -0.39 is 17.8 Å². The monoisotopic (exact) mass is 417 g/mol. The van der Waals surface area contributed by atoms with Gasteiger partial charge in [-0.3, -0.25) is 10.1 Å². The van der Waals surface area contributed by atoms with Crippen LogP contribution in [0.3, 0.4) is 0 Å². The van der Waals surface area contributed by atoms with Crippen LogP contribution in [-0.4, -0.2) is 27.9 Å². The zero-order chi connectivity index (χ0) is 19.9. The molecule has 3 N–H and O–H groups in total. The third-order valence-electron chi connectivity index (χ3n) is 3.49. The zero-order valence-electron chi connectivity index (χ0n) is 14.7. The predicted octanol–water partition coefficient (Wildman–Crippen LogP) is 4.17. The fourth-order valence-corrected chi connectivity index (χ4v) is 3.72. The molecule has 7 nitrogen and oxygen atoms in total. The molecule has 2 aromatic carbocycles. The molecule has 28 heavy (non-hydrogen) atoms. The quantitative estimate of drug-likeness (QED) is 0.521. The van der Waals surface area contributed by atoms with Gasteiger partial charge in [0.25, 0.3) is 0 Å². The molecular weight excluding hydrogens is 401 g/mol. The third-order valence-corrected chi connectivity index (χ3v) is 5.47. The van der Waals surface area contributed by atoms with Crippen LogP contribution in [0, 0.1) is 12.7 Å². The zero-order valence-corrected chi connectivity index (χ0v) is 16.4. The summed E-state index contributed by atoms with van der Waals surface area (Å²) >= 11 is 2.46. The molecule has 0 atom stereocenters. The van der Waals surface area contributed by atoms with Crippen molar-refractivity contribution in [3.8, 4) is 0 Å². The molecule has 0 aliphatic heterocycles. The summed E-state index contributed by atoms with van der Waals surface area (Å²) in [4.78, 5) is 23.7. The van der Waals surface area contributed by atoms with Crippen LogP contribution < -0.4 is 16.0 Å². The Hall–Kier alpha value is -2.98. The number of nitrogens with zero attached hydrogens (tertiary/aromatic N) is 2.